The van der Waals surface area contributed by atoms with E-state index < -0.39 is 12.0 Å². The van der Waals surface area contributed by atoms with Crippen LogP contribution < -0.4 is 10.6 Å². The van der Waals surface area contributed by atoms with Crippen LogP contribution in [-0.2, 0) is 19.1 Å². The van der Waals surface area contributed by atoms with Crippen LogP contribution in [0, 0.1) is 6.92 Å². The number of ether oxygens (including phenoxy) is 1. The van der Waals surface area contributed by atoms with Crippen LogP contribution in [0.3, 0.4) is 0 Å². The Morgan fingerprint density at radius 1 is 1.39 bits per heavy atom. The van der Waals surface area contributed by atoms with E-state index in [1.54, 1.807) is 4.90 Å². The van der Waals surface area contributed by atoms with Crippen molar-refractivity contribution in [3.8, 4) is 0 Å². The molecule has 0 aromatic heterocycles. The minimum absolute atomic E-state index is 0.0451. The number of hydrogen-bond acceptors (Lipinski definition) is 5. The minimum Gasteiger partial charge on any atom is -0.469 e. The maximum Gasteiger partial charge on any atom is 0.307 e. The van der Waals surface area contributed by atoms with E-state index in [4.69, 9.17) is 0 Å². The zero-order valence-electron chi connectivity index (χ0n) is 13.3. The van der Waals surface area contributed by atoms with Crippen molar-refractivity contribution in [1.82, 2.24) is 10.2 Å². The Balaban J connectivity index is 2.01. The van der Waals surface area contributed by atoms with Crippen LogP contribution in [0.15, 0.2) is 24.3 Å². The lowest BCUT2D eigenvalue weighted by molar-refractivity contribution is -0.146. The predicted octanol–water partition coefficient (Wildman–Crippen LogP) is 0.297. The standard InChI is InChI=1S/C16H21N3O4/c1-11-5-3-4-6-12(11)18-14(20)10-19-8-7-17-16(22)13(19)9-15(21)23-2/h3-6,13H,7-10H2,1-2H3,(H,17,22)(H,18,20)/t13-/m1/s1. The first-order valence-corrected chi connectivity index (χ1v) is 7.45. The lowest BCUT2D eigenvalue weighted by Crippen LogP contribution is -2.57. The highest BCUT2D eigenvalue weighted by molar-refractivity contribution is 5.94. The van der Waals surface area contributed by atoms with Crippen LogP contribution in [0.25, 0.3) is 0 Å². The topological polar surface area (TPSA) is 87.7 Å². The molecule has 0 spiro atoms. The van der Waals surface area contributed by atoms with Gasteiger partial charge in [0.2, 0.25) is 11.8 Å². The third kappa shape index (κ3) is 4.53. The van der Waals surface area contributed by atoms with Crippen molar-refractivity contribution in [2.45, 2.75) is 19.4 Å². The maximum atomic E-state index is 12.2. The number of esters is 1. The molecule has 1 fully saturated rings. The number of amides is 2. The van der Waals surface area contributed by atoms with E-state index in [0.29, 0.717) is 13.1 Å². The summed E-state index contributed by atoms with van der Waals surface area (Å²) in [6.07, 6.45) is -0.0695. The number of nitrogens with one attached hydrogen (secondary N) is 2. The van der Waals surface area contributed by atoms with Crippen molar-refractivity contribution < 1.29 is 19.1 Å². The van der Waals surface area contributed by atoms with Gasteiger partial charge in [-0.1, -0.05) is 18.2 Å². The molecular formula is C16H21N3O4. The second-order valence-electron chi connectivity index (χ2n) is 5.42. The Morgan fingerprint density at radius 2 is 2.13 bits per heavy atom. The van der Waals surface area contributed by atoms with Crippen molar-refractivity contribution in [3.05, 3.63) is 29.8 Å². The van der Waals surface area contributed by atoms with Gasteiger partial charge in [0, 0.05) is 18.8 Å². The number of methoxy groups -OCH3 is 1. The van der Waals surface area contributed by atoms with Crippen LogP contribution in [0.1, 0.15) is 12.0 Å². The molecule has 1 aromatic rings. The highest BCUT2D eigenvalue weighted by Crippen LogP contribution is 2.14. The van der Waals surface area contributed by atoms with Gasteiger partial charge in [-0.25, -0.2) is 0 Å². The van der Waals surface area contributed by atoms with Crippen LogP contribution >= 0.6 is 0 Å². The molecule has 0 unspecified atom stereocenters. The van der Waals surface area contributed by atoms with E-state index in [-0.39, 0.29) is 24.8 Å². The number of hydrogen-bond donors (Lipinski definition) is 2. The summed E-state index contributed by atoms with van der Waals surface area (Å²) in [7, 11) is 1.28. The van der Waals surface area contributed by atoms with E-state index in [0.717, 1.165) is 11.3 Å². The van der Waals surface area contributed by atoms with E-state index in [1.807, 2.05) is 31.2 Å². The molecule has 124 valence electrons. The van der Waals surface area contributed by atoms with E-state index in [2.05, 4.69) is 15.4 Å². The average Bonchev–Trinajstić information content (AvgIpc) is 2.52. The molecule has 0 saturated carbocycles. The summed E-state index contributed by atoms with van der Waals surface area (Å²) in [6, 6.07) is 6.79. The van der Waals surface area contributed by atoms with Gasteiger partial charge >= 0.3 is 5.97 Å². The van der Waals surface area contributed by atoms with Gasteiger partial charge in [0.05, 0.1) is 20.1 Å². The third-order valence-electron chi connectivity index (χ3n) is 3.80. The van der Waals surface area contributed by atoms with Gasteiger partial charge in [-0.3, -0.25) is 19.3 Å². The molecule has 2 amide bonds. The highest BCUT2D eigenvalue weighted by atomic mass is 16.5. The number of carbonyl (C=O) groups excluding carboxylic acids is 3. The number of para-hydroxylation sites is 1. The summed E-state index contributed by atoms with van der Waals surface area (Å²) in [6.45, 7) is 2.91. The Labute approximate surface area is 135 Å². The van der Waals surface area contributed by atoms with E-state index in [9.17, 15) is 14.4 Å². The average molecular weight is 319 g/mol. The number of piperazine rings is 1. The molecule has 1 aromatic carbocycles. The monoisotopic (exact) mass is 319 g/mol. The summed E-state index contributed by atoms with van der Waals surface area (Å²) in [4.78, 5) is 37.4. The van der Waals surface area contributed by atoms with Gasteiger partial charge in [-0.2, -0.15) is 0 Å². The smallest absolute Gasteiger partial charge is 0.307 e. The summed E-state index contributed by atoms with van der Waals surface area (Å²) < 4.78 is 4.62. The third-order valence-corrected chi connectivity index (χ3v) is 3.80. The van der Waals surface area contributed by atoms with Crippen molar-refractivity contribution in [3.63, 3.8) is 0 Å². The molecule has 23 heavy (non-hydrogen) atoms. The zero-order chi connectivity index (χ0) is 16.8. The Bertz CT molecular complexity index is 603. The van der Waals surface area contributed by atoms with Gasteiger partial charge in [0.1, 0.15) is 6.04 Å². The molecule has 1 atom stereocenters. The first-order valence-electron chi connectivity index (χ1n) is 7.45. The number of nitrogens with zero attached hydrogens (tertiary/aromatic N) is 1. The molecule has 0 aliphatic carbocycles. The summed E-state index contributed by atoms with van der Waals surface area (Å²) in [5, 5.41) is 5.54. The van der Waals surface area contributed by atoms with E-state index >= 15 is 0 Å². The Kier molecular flexibility index (Phi) is 5.70. The number of aryl methyl sites for hydroxylation is 1. The fraction of sp³-hybridized carbons (Fsp3) is 0.438. The SMILES string of the molecule is COC(=O)C[C@@H]1C(=O)NCCN1CC(=O)Nc1ccccc1C. The van der Waals surface area contributed by atoms with Crippen molar-refractivity contribution in [1.29, 1.82) is 0 Å². The molecule has 2 rings (SSSR count). The van der Waals surface area contributed by atoms with Crippen LogP contribution in [0.4, 0.5) is 5.69 Å². The molecule has 1 heterocycles. The summed E-state index contributed by atoms with van der Waals surface area (Å²) >= 11 is 0. The number of anilines is 1. The normalized spacial score (nSPS) is 18.2. The molecule has 7 nitrogen and oxygen atoms in total. The molecule has 1 aliphatic heterocycles. The molecule has 7 heteroatoms. The predicted molar refractivity (Wildman–Crippen MR) is 84.8 cm³/mol. The molecule has 1 saturated heterocycles. The van der Waals surface area contributed by atoms with Crippen LogP contribution in [-0.4, -0.2) is 55.5 Å². The second kappa shape index (κ2) is 7.73. The molecular weight excluding hydrogens is 298 g/mol. The van der Waals surface area contributed by atoms with Gasteiger partial charge in [0.25, 0.3) is 0 Å². The first-order chi connectivity index (χ1) is 11.0. The highest BCUT2D eigenvalue weighted by Gasteiger charge is 2.33. The Morgan fingerprint density at radius 3 is 2.83 bits per heavy atom. The fourth-order valence-corrected chi connectivity index (χ4v) is 2.50. The molecule has 1 aliphatic rings. The summed E-state index contributed by atoms with van der Waals surface area (Å²) in [5.74, 6) is -0.953. The zero-order valence-corrected chi connectivity index (χ0v) is 13.3. The first kappa shape index (κ1) is 17.0. The minimum atomic E-state index is -0.682. The lowest BCUT2D eigenvalue weighted by atomic mass is 10.1. The molecule has 0 bridgehead atoms. The number of benzene rings is 1. The van der Waals surface area contributed by atoms with Gasteiger partial charge in [-0.05, 0) is 18.6 Å². The van der Waals surface area contributed by atoms with Gasteiger partial charge in [0.15, 0.2) is 0 Å². The fourth-order valence-electron chi connectivity index (χ4n) is 2.50. The van der Waals surface area contributed by atoms with E-state index in [1.165, 1.54) is 7.11 Å². The van der Waals surface area contributed by atoms with Crippen LogP contribution in [0.5, 0.6) is 0 Å². The van der Waals surface area contributed by atoms with Gasteiger partial charge < -0.3 is 15.4 Å². The molecule has 2 N–H and O–H groups in total. The Hall–Kier alpha value is -2.41. The number of carbonyl (C=O) groups is 3. The van der Waals surface area contributed by atoms with Crippen LogP contribution in [0.2, 0.25) is 0 Å². The number of rotatable bonds is 5. The van der Waals surface area contributed by atoms with Crippen molar-refractivity contribution >= 4 is 23.5 Å². The largest absolute Gasteiger partial charge is 0.469 e. The second-order valence-corrected chi connectivity index (χ2v) is 5.42. The maximum absolute atomic E-state index is 12.2. The summed E-state index contributed by atoms with van der Waals surface area (Å²) in [5.41, 5.74) is 1.70. The van der Waals surface area contributed by atoms with Gasteiger partial charge in [-0.15, -0.1) is 0 Å². The lowest BCUT2D eigenvalue weighted by Gasteiger charge is -2.33. The van der Waals surface area contributed by atoms with Crippen molar-refractivity contribution in [2.75, 3.05) is 32.1 Å². The van der Waals surface area contributed by atoms with Crippen molar-refractivity contribution in [2.24, 2.45) is 0 Å². The molecule has 0 radical (unpaired) electrons. The quantitative estimate of drug-likeness (QED) is 0.762.